The first kappa shape index (κ1) is 19.4. The number of amides is 2. The summed E-state index contributed by atoms with van der Waals surface area (Å²) in [6, 6.07) is 4.81. The van der Waals surface area contributed by atoms with Crippen LogP contribution in [0.25, 0.3) is 0 Å². The van der Waals surface area contributed by atoms with Crippen LogP contribution >= 0.6 is 0 Å². The van der Waals surface area contributed by atoms with Gasteiger partial charge in [-0.3, -0.25) is 9.59 Å². The molecular formula is C17H25N3O4S. The number of anilines is 1. The summed E-state index contributed by atoms with van der Waals surface area (Å²) in [4.78, 5) is 26.5. The van der Waals surface area contributed by atoms with Gasteiger partial charge in [0.05, 0.1) is 4.90 Å². The Balaban J connectivity index is 2.05. The molecule has 0 spiro atoms. The standard InChI is InChI=1S/C17H25N3O4S/c1-4-9-19(13(2)21)11-8-18-25(23,24)16-5-6-17-15(12-16)7-10-20(17)14(3)22/h5-6,12,18H,4,7-11H2,1-3H3. The smallest absolute Gasteiger partial charge is 0.240 e. The lowest BCUT2D eigenvalue weighted by Gasteiger charge is -2.20. The third kappa shape index (κ3) is 4.58. The fourth-order valence-electron chi connectivity index (χ4n) is 2.97. The maximum Gasteiger partial charge on any atom is 0.240 e. The third-order valence-electron chi connectivity index (χ3n) is 4.25. The lowest BCUT2D eigenvalue weighted by atomic mass is 10.2. The van der Waals surface area contributed by atoms with E-state index in [0.717, 1.165) is 17.7 Å². The van der Waals surface area contributed by atoms with Gasteiger partial charge in [0, 0.05) is 45.7 Å². The summed E-state index contributed by atoms with van der Waals surface area (Å²) in [6.07, 6.45) is 1.47. The Labute approximate surface area is 149 Å². The highest BCUT2D eigenvalue weighted by Gasteiger charge is 2.24. The predicted molar refractivity (Wildman–Crippen MR) is 95.9 cm³/mol. The van der Waals surface area contributed by atoms with Crippen LogP contribution in [0, 0.1) is 0 Å². The first-order valence-corrected chi connectivity index (χ1v) is 9.90. The minimum atomic E-state index is -3.65. The molecule has 1 aromatic carbocycles. The molecule has 2 amide bonds. The topological polar surface area (TPSA) is 86.8 Å². The van der Waals surface area contributed by atoms with Crippen molar-refractivity contribution in [3.63, 3.8) is 0 Å². The highest BCUT2D eigenvalue weighted by molar-refractivity contribution is 7.89. The highest BCUT2D eigenvalue weighted by Crippen LogP contribution is 2.30. The number of nitrogens with zero attached hydrogens (tertiary/aromatic N) is 2. The van der Waals surface area contributed by atoms with Gasteiger partial charge < -0.3 is 9.80 Å². The van der Waals surface area contributed by atoms with E-state index >= 15 is 0 Å². The number of benzene rings is 1. The average Bonchev–Trinajstić information content (AvgIpc) is 2.97. The van der Waals surface area contributed by atoms with Crippen LogP contribution in [-0.2, 0) is 26.0 Å². The van der Waals surface area contributed by atoms with Crippen LogP contribution in [0.5, 0.6) is 0 Å². The number of fused-ring (bicyclic) bond motifs is 1. The number of carbonyl (C=O) groups excluding carboxylic acids is 2. The molecule has 1 aliphatic heterocycles. The number of hydrogen-bond donors (Lipinski definition) is 1. The van der Waals surface area contributed by atoms with Crippen molar-refractivity contribution in [2.45, 2.75) is 38.5 Å². The van der Waals surface area contributed by atoms with Crippen molar-refractivity contribution >= 4 is 27.5 Å². The summed E-state index contributed by atoms with van der Waals surface area (Å²) in [5, 5.41) is 0. The second-order valence-electron chi connectivity index (χ2n) is 6.12. The number of carbonyl (C=O) groups is 2. The Morgan fingerprint density at radius 3 is 2.56 bits per heavy atom. The Bertz CT molecular complexity index is 761. The molecule has 0 bridgehead atoms. The third-order valence-corrected chi connectivity index (χ3v) is 5.71. The van der Waals surface area contributed by atoms with Crippen molar-refractivity contribution in [3.05, 3.63) is 23.8 Å². The van der Waals surface area contributed by atoms with E-state index in [1.165, 1.54) is 19.9 Å². The summed E-state index contributed by atoms with van der Waals surface area (Å²) in [7, 11) is -3.65. The summed E-state index contributed by atoms with van der Waals surface area (Å²) >= 11 is 0. The molecule has 25 heavy (non-hydrogen) atoms. The maximum atomic E-state index is 12.5. The molecule has 0 fully saturated rings. The summed E-state index contributed by atoms with van der Waals surface area (Å²) in [5.74, 6) is -0.115. The van der Waals surface area contributed by atoms with Gasteiger partial charge in [-0.05, 0) is 36.6 Å². The number of nitrogens with one attached hydrogen (secondary N) is 1. The lowest BCUT2D eigenvalue weighted by molar-refractivity contribution is -0.128. The zero-order valence-electron chi connectivity index (χ0n) is 14.9. The van der Waals surface area contributed by atoms with Gasteiger partial charge in [0.15, 0.2) is 0 Å². The van der Waals surface area contributed by atoms with Crippen LogP contribution in [0.4, 0.5) is 5.69 Å². The van der Waals surface area contributed by atoms with Crippen molar-refractivity contribution in [1.29, 1.82) is 0 Å². The minimum absolute atomic E-state index is 0.0484. The van der Waals surface area contributed by atoms with Gasteiger partial charge in [0.25, 0.3) is 0 Å². The fourth-order valence-corrected chi connectivity index (χ4v) is 4.04. The lowest BCUT2D eigenvalue weighted by Crippen LogP contribution is -2.37. The van der Waals surface area contributed by atoms with Gasteiger partial charge in [-0.2, -0.15) is 0 Å². The molecule has 7 nitrogen and oxygen atoms in total. The van der Waals surface area contributed by atoms with Crippen LogP contribution in [0.2, 0.25) is 0 Å². The molecule has 0 saturated heterocycles. The van der Waals surface area contributed by atoms with Crippen molar-refractivity contribution in [2.24, 2.45) is 0 Å². The Morgan fingerprint density at radius 2 is 1.96 bits per heavy atom. The van der Waals surface area contributed by atoms with E-state index < -0.39 is 10.0 Å². The predicted octanol–water partition coefficient (Wildman–Crippen LogP) is 1.13. The Morgan fingerprint density at radius 1 is 1.24 bits per heavy atom. The van der Waals surface area contributed by atoms with E-state index in [0.29, 0.717) is 26.1 Å². The van der Waals surface area contributed by atoms with E-state index in [1.807, 2.05) is 6.92 Å². The molecule has 0 radical (unpaired) electrons. The molecule has 138 valence electrons. The van der Waals surface area contributed by atoms with Gasteiger partial charge in [-0.25, -0.2) is 13.1 Å². The molecule has 0 aromatic heterocycles. The van der Waals surface area contributed by atoms with Crippen LogP contribution in [0.15, 0.2) is 23.1 Å². The number of hydrogen-bond acceptors (Lipinski definition) is 4. The van der Waals surface area contributed by atoms with Crippen molar-refractivity contribution in [1.82, 2.24) is 9.62 Å². The van der Waals surface area contributed by atoms with E-state index in [2.05, 4.69) is 4.72 Å². The molecule has 1 aliphatic rings. The monoisotopic (exact) mass is 367 g/mol. The molecule has 1 aromatic rings. The van der Waals surface area contributed by atoms with Gasteiger partial charge >= 0.3 is 0 Å². The zero-order valence-corrected chi connectivity index (χ0v) is 15.7. The van der Waals surface area contributed by atoms with E-state index in [-0.39, 0.29) is 23.3 Å². The van der Waals surface area contributed by atoms with Gasteiger partial charge in [-0.15, -0.1) is 0 Å². The van der Waals surface area contributed by atoms with Crippen LogP contribution < -0.4 is 9.62 Å². The van der Waals surface area contributed by atoms with Crippen molar-refractivity contribution in [2.75, 3.05) is 31.1 Å². The Kier molecular flexibility index (Phi) is 6.18. The average molecular weight is 367 g/mol. The van der Waals surface area contributed by atoms with Gasteiger partial charge in [0.2, 0.25) is 21.8 Å². The maximum absolute atomic E-state index is 12.5. The van der Waals surface area contributed by atoms with Crippen molar-refractivity contribution in [3.8, 4) is 0 Å². The molecule has 2 rings (SSSR count). The quantitative estimate of drug-likeness (QED) is 0.783. The van der Waals surface area contributed by atoms with Crippen molar-refractivity contribution < 1.29 is 18.0 Å². The number of sulfonamides is 1. The summed E-state index contributed by atoms with van der Waals surface area (Å²) < 4.78 is 27.5. The zero-order chi connectivity index (χ0) is 18.6. The second-order valence-corrected chi connectivity index (χ2v) is 7.88. The normalized spacial score (nSPS) is 13.6. The molecule has 1 heterocycles. The first-order valence-electron chi connectivity index (χ1n) is 8.42. The van der Waals surface area contributed by atoms with E-state index in [9.17, 15) is 18.0 Å². The Hall–Kier alpha value is -1.93. The molecular weight excluding hydrogens is 342 g/mol. The molecule has 1 N–H and O–H groups in total. The van der Waals surface area contributed by atoms with Crippen LogP contribution in [0.3, 0.4) is 0 Å². The molecule has 8 heteroatoms. The van der Waals surface area contributed by atoms with E-state index in [1.54, 1.807) is 21.9 Å². The molecule has 0 saturated carbocycles. The van der Waals surface area contributed by atoms with Crippen LogP contribution in [0.1, 0.15) is 32.8 Å². The molecule has 0 aliphatic carbocycles. The van der Waals surface area contributed by atoms with E-state index in [4.69, 9.17) is 0 Å². The summed E-state index contributed by atoms with van der Waals surface area (Å²) in [5.41, 5.74) is 1.63. The molecule has 0 atom stereocenters. The SMILES string of the molecule is CCCN(CCNS(=O)(=O)c1ccc2c(c1)CCN2C(C)=O)C(C)=O. The largest absolute Gasteiger partial charge is 0.342 e. The fraction of sp³-hybridized carbons (Fsp3) is 0.529. The summed E-state index contributed by atoms with van der Waals surface area (Å²) in [6.45, 7) is 6.63. The van der Waals surface area contributed by atoms with Gasteiger partial charge in [0.1, 0.15) is 0 Å². The highest BCUT2D eigenvalue weighted by atomic mass is 32.2. The van der Waals surface area contributed by atoms with Gasteiger partial charge in [-0.1, -0.05) is 6.92 Å². The number of rotatable bonds is 7. The second kappa shape index (κ2) is 7.97. The molecule has 0 unspecified atom stereocenters. The minimum Gasteiger partial charge on any atom is -0.342 e. The van der Waals surface area contributed by atoms with Crippen LogP contribution in [-0.4, -0.2) is 51.3 Å². The first-order chi connectivity index (χ1) is 11.8.